The fraction of sp³-hybridized carbons (Fsp3) is 0.429. The Morgan fingerprint density at radius 1 is 1.06 bits per heavy atom. The number of alkyl halides is 3. The van der Waals surface area contributed by atoms with Crippen LogP contribution in [0.5, 0.6) is 0 Å². The minimum Gasteiger partial charge on any atom is -0.475 e. The van der Waals surface area contributed by atoms with Gasteiger partial charge in [0.15, 0.2) is 0 Å². The Morgan fingerprint density at radius 2 is 1.64 bits per heavy atom. The summed E-state index contributed by atoms with van der Waals surface area (Å²) in [6.07, 6.45) is 1.13. The Labute approximate surface area is 187 Å². The van der Waals surface area contributed by atoms with Crippen LogP contribution in [-0.2, 0) is 4.79 Å². The maximum Gasteiger partial charge on any atom is 0.490 e. The van der Waals surface area contributed by atoms with Gasteiger partial charge < -0.3 is 15.3 Å². The van der Waals surface area contributed by atoms with E-state index in [0.717, 1.165) is 25.9 Å². The molecule has 1 saturated heterocycles. The molecule has 178 valence electrons. The van der Waals surface area contributed by atoms with Crippen molar-refractivity contribution >= 4 is 17.8 Å². The maximum absolute atomic E-state index is 11.3. The summed E-state index contributed by atoms with van der Waals surface area (Å²) in [6.45, 7) is 1.79. The SMILES string of the molecule is O=C(NO)c1cnc(N2CCC(NC3CC3c3ccccc3)CC2)nc1.O=C(O)C(F)(F)F. The fourth-order valence-corrected chi connectivity index (χ4v) is 3.66. The molecule has 33 heavy (non-hydrogen) atoms. The second-order valence-electron chi connectivity index (χ2n) is 7.80. The summed E-state index contributed by atoms with van der Waals surface area (Å²) in [5.74, 6) is -2.07. The number of carbonyl (C=O) groups is 2. The molecular weight excluding hydrogens is 443 g/mol. The molecule has 2 aliphatic rings. The van der Waals surface area contributed by atoms with Crippen LogP contribution in [0, 0.1) is 0 Å². The normalized spacial score (nSPS) is 20.4. The number of anilines is 1. The molecule has 4 N–H and O–H groups in total. The summed E-state index contributed by atoms with van der Waals surface area (Å²) in [7, 11) is 0. The second kappa shape index (κ2) is 10.6. The number of carboxylic acid groups (broad SMARTS) is 1. The first kappa shape index (κ1) is 24.4. The molecule has 2 aromatic rings. The summed E-state index contributed by atoms with van der Waals surface area (Å²) in [5, 5.41) is 19.6. The van der Waals surface area contributed by atoms with Crippen LogP contribution in [0.2, 0.25) is 0 Å². The van der Waals surface area contributed by atoms with Crippen molar-refractivity contribution in [3.63, 3.8) is 0 Å². The highest BCUT2D eigenvalue weighted by Crippen LogP contribution is 2.41. The number of hydrogen-bond donors (Lipinski definition) is 4. The third kappa shape index (κ3) is 6.86. The van der Waals surface area contributed by atoms with Crippen molar-refractivity contribution in [2.24, 2.45) is 0 Å². The fourth-order valence-electron chi connectivity index (χ4n) is 3.66. The average Bonchev–Trinajstić information content (AvgIpc) is 3.58. The molecule has 0 spiro atoms. The number of benzene rings is 1. The smallest absolute Gasteiger partial charge is 0.475 e. The van der Waals surface area contributed by atoms with Gasteiger partial charge >= 0.3 is 12.1 Å². The first-order valence-corrected chi connectivity index (χ1v) is 10.3. The quantitative estimate of drug-likeness (QED) is 0.390. The van der Waals surface area contributed by atoms with Gasteiger partial charge in [0.05, 0.1) is 5.56 Å². The minimum absolute atomic E-state index is 0.244. The number of nitrogens with one attached hydrogen (secondary N) is 2. The zero-order valence-corrected chi connectivity index (χ0v) is 17.5. The lowest BCUT2D eigenvalue weighted by Gasteiger charge is -2.32. The number of piperidine rings is 1. The number of aromatic nitrogens is 2. The summed E-state index contributed by atoms with van der Waals surface area (Å²) >= 11 is 0. The van der Waals surface area contributed by atoms with Crippen molar-refractivity contribution in [3.8, 4) is 0 Å². The lowest BCUT2D eigenvalue weighted by molar-refractivity contribution is -0.192. The molecule has 4 rings (SSSR count). The van der Waals surface area contributed by atoms with E-state index >= 15 is 0 Å². The van der Waals surface area contributed by atoms with Crippen molar-refractivity contribution < 1.29 is 33.1 Å². The molecule has 1 aliphatic carbocycles. The van der Waals surface area contributed by atoms with Crippen LogP contribution in [0.3, 0.4) is 0 Å². The molecule has 0 radical (unpaired) electrons. The first-order valence-electron chi connectivity index (χ1n) is 10.3. The monoisotopic (exact) mass is 467 g/mol. The highest BCUT2D eigenvalue weighted by molar-refractivity contribution is 5.92. The van der Waals surface area contributed by atoms with Crippen LogP contribution >= 0.6 is 0 Å². The van der Waals surface area contributed by atoms with E-state index in [1.165, 1.54) is 24.4 Å². The van der Waals surface area contributed by atoms with Gasteiger partial charge in [-0.15, -0.1) is 0 Å². The number of hydrogen-bond acceptors (Lipinski definition) is 7. The number of rotatable bonds is 5. The van der Waals surface area contributed by atoms with Crippen molar-refractivity contribution in [2.45, 2.75) is 43.4 Å². The number of aliphatic carboxylic acids is 1. The molecule has 1 aromatic heterocycles. The molecule has 1 aromatic carbocycles. The molecular formula is C21H24F3N5O4. The molecule has 2 heterocycles. The molecule has 2 unspecified atom stereocenters. The van der Waals surface area contributed by atoms with Crippen molar-refractivity contribution in [1.82, 2.24) is 20.8 Å². The van der Waals surface area contributed by atoms with Gasteiger partial charge in [0, 0.05) is 43.5 Å². The summed E-state index contributed by atoms with van der Waals surface area (Å²) in [4.78, 5) is 30.8. The Bertz CT molecular complexity index is 935. The number of amides is 1. The summed E-state index contributed by atoms with van der Waals surface area (Å²) in [5.41, 5.74) is 3.26. The van der Waals surface area contributed by atoms with E-state index in [2.05, 4.69) is 50.5 Å². The second-order valence-corrected chi connectivity index (χ2v) is 7.80. The molecule has 1 amide bonds. The van der Waals surface area contributed by atoms with Gasteiger partial charge in [-0.05, 0) is 24.8 Å². The number of nitrogens with zero attached hydrogens (tertiary/aromatic N) is 3. The Kier molecular flexibility index (Phi) is 7.82. The standard InChI is InChI=1S/C19H23N5O2.C2HF3O2/c25-18(23-26)14-11-20-19(21-12-14)24-8-6-15(7-9-24)22-17-10-16(17)13-4-2-1-3-5-13;3-2(4,5)1(6)7/h1-5,11-12,15-17,22,26H,6-10H2,(H,23,25);(H,6,7). The topological polar surface area (TPSA) is 128 Å². The Morgan fingerprint density at radius 3 is 2.15 bits per heavy atom. The zero-order valence-electron chi connectivity index (χ0n) is 17.5. The number of carbonyl (C=O) groups excluding carboxylic acids is 1. The lowest BCUT2D eigenvalue weighted by atomic mass is 10.0. The van der Waals surface area contributed by atoms with Crippen LogP contribution < -0.4 is 15.7 Å². The van der Waals surface area contributed by atoms with Crippen molar-refractivity contribution in [1.29, 1.82) is 0 Å². The van der Waals surface area contributed by atoms with Gasteiger partial charge in [-0.25, -0.2) is 20.2 Å². The third-order valence-corrected chi connectivity index (χ3v) is 5.49. The molecule has 1 aliphatic heterocycles. The molecule has 9 nitrogen and oxygen atoms in total. The molecule has 2 atom stereocenters. The van der Waals surface area contributed by atoms with Gasteiger partial charge in [-0.3, -0.25) is 10.0 Å². The van der Waals surface area contributed by atoms with E-state index in [9.17, 15) is 18.0 Å². The molecule has 1 saturated carbocycles. The maximum atomic E-state index is 11.3. The zero-order chi connectivity index (χ0) is 24.0. The first-order chi connectivity index (χ1) is 15.7. The number of halogens is 3. The van der Waals surface area contributed by atoms with E-state index in [0.29, 0.717) is 23.9 Å². The Balaban J connectivity index is 0.000000383. The molecule has 2 fully saturated rings. The summed E-state index contributed by atoms with van der Waals surface area (Å²) in [6, 6.07) is 11.8. The van der Waals surface area contributed by atoms with E-state index in [1.807, 2.05) is 0 Å². The molecule has 12 heteroatoms. The average molecular weight is 467 g/mol. The van der Waals surface area contributed by atoms with Crippen LogP contribution in [0.15, 0.2) is 42.7 Å². The van der Waals surface area contributed by atoms with E-state index in [-0.39, 0.29) is 5.56 Å². The predicted molar refractivity (Wildman–Crippen MR) is 111 cm³/mol. The number of carboxylic acids is 1. The Hall–Kier alpha value is -3.25. The highest BCUT2D eigenvalue weighted by atomic mass is 19.4. The molecule has 0 bridgehead atoms. The van der Waals surface area contributed by atoms with Gasteiger partial charge in [-0.1, -0.05) is 30.3 Å². The van der Waals surface area contributed by atoms with Gasteiger partial charge in [0.25, 0.3) is 5.91 Å². The third-order valence-electron chi connectivity index (χ3n) is 5.49. The van der Waals surface area contributed by atoms with Crippen LogP contribution in [0.4, 0.5) is 19.1 Å². The van der Waals surface area contributed by atoms with Crippen LogP contribution in [0.1, 0.15) is 41.1 Å². The van der Waals surface area contributed by atoms with Gasteiger partial charge in [-0.2, -0.15) is 13.2 Å². The van der Waals surface area contributed by atoms with Gasteiger partial charge in [0.2, 0.25) is 5.95 Å². The van der Waals surface area contributed by atoms with Crippen molar-refractivity contribution in [3.05, 3.63) is 53.9 Å². The van der Waals surface area contributed by atoms with Crippen LogP contribution in [-0.4, -0.2) is 63.5 Å². The highest BCUT2D eigenvalue weighted by Gasteiger charge is 2.40. The number of hydroxylamine groups is 1. The largest absolute Gasteiger partial charge is 0.490 e. The van der Waals surface area contributed by atoms with E-state index in [4.69, 9.17) is 15.1 Å². The summed E-state index contributed by atoms with van der Waals surface area (Å²) < 4.78 is 31.7. The lowest BCUT2D eigenvalue weighted by Crippen LogP contribution is -2.44. The predicted octanol–water partition coefficient (Wildman–Crippen LogP) is 2.34. The van der Waals surface area contributed by atoms with E-state index in [1.54, 1.807) is 5.48 Å². The van der Waals surface area contributed by atoms with E-state index < -0.39 is 18.1 Å². The van der Waals surface area contributed by atoms with Crippen molar-refractivity contribution in [2.75, 3.05) is 18.0 Å². The van der Waals surface area contributed by atoms with Gasteiger partial charge in [0.1, 0.15) is 0 Å². The van der Waals surface area contributed by atoms with Crippen LogP contribution in [0.25, 0.3) is 0 Å². The minimum atomic E-state index is -5.08.